The van der Waals surface area contributed by atoms with Gasteiger partial charge in [-0.25, -0.2) is 9.07 Å². The Balaban J connectivity index is 1.93. The van der Waals surface area contributed by atoms with Gasteiger partial charge in [0, 0.05) is 13.1 Å². The third kappa shape index (κ3) is 4.18. The molecule has 0 fully saturated rings. The molecule has 0 unspecified atom stereocenters. The average Bonchev–Trinajstić information content (AvgIpc) is 2.96. The molecule has 27 heavy (non-hydrogen) atoms. The minimum atomic E-state index is -0.368. The number of aromatic nitrogens is 2. The van der Waals surface area contributed by atoms with Crippen LogP contribution in [0.15, 0.2) is 54.6 Å². The number of carbonyl (C=O) groups is 1. The Bertz CT molecular complexity index is 926. The summed E-state index contributed by atoms with van der Waals surface area (Å²) in [4.78, 5) is 14.6. The minimum Gasteiger partial charge on any atom is -0.395 e. The Kier molecular flexibility index (Phi) is 5.88. The van der Waals surface area contributed by atoms with Crippen molar-refractivity contribution in [3.63, 3.8) is 0 Å². The summed E-state index contributed by atoms with van der Waals surface area (Å²) in [5.41, 5.74) is 2.23. The summed E-state index contributed by atoms with van der Waals surface area (Å²) < 4.78 is 14.6. The van der Waals surface area contributed by atoms with Crippen molar-refractivity contribution in [3.05, 3.63) is 82.4 Å². The van der Waals surface area contributed by atoms with E-state index in [1.807, 2.05) is 30.3 Å². The molecule has 0 radical (unpaired) electrons. The number of hydrogen-bond donors (Lipinski definition) is 1. The van der Waals surface area contributed by atoms with Gasteiger partial charge >= 0.3 is 0 Å². The summed E-state index contributed by atoms with van der Waals surface area (Å²) in [5, 5.41) is 13.9. The number of aliphatic hydroxyl groups excluding tert-OH is 1. The van der Waals surface area contributed by atoms with Gasteiger partial charge in [-0.15, -0.1) is 0 Å². The molecule has 0 atom stereocenters. The largest absolute Gasteiger partial charge is 0.395 e. The third-order valence-electron chi connectivity index (χ3n) is 4.16. The number of aliphatic hydroxyl groups is 1. The number of halogens is 2. The Morgan fingerprint density at radius 1 is 1.19 bits per heavy atom. The van der Waals surface area contributed by atoms with Crippen LogP contribution in [-0.2, 0) is 6.54 Å². The molecule has 1 amide bonds. The monoisotopic (exact) mass is 387 g/mol. The molecular formula is C20H19ClFN3O2. The third-order valence-corrected chi connectivity index (χ3v) is 4.51. The van der Waals surface area contributed by atoms with Crippen LogP contribution in [0.4, 0.5) is 4.39 Å². The lowest BCUT2D eigenvalue weighted by Gasteiger charge is -2.22. The molecule has 0 bridgehead atoms. The standard InChI is InChI=1S/C20H19ClFN3O2/c1-14-18(19(21)25(23-14)17-9-7-16(22)8-10-17)20(27)24(11-12-26)13-15-5-3-2-4-6-15/h2-10,26H,11-13H2,1H3. The van der Waals surface area contributed by atoms with Crippen molar-refractivity contribution in [1.82, 2.24) is 14.7 Å². The number of aryl methyl sites for hydroxylation is 1. The lowest BCUT2D eigenvalue weighted by Crippen LogP contribution is -2.33. The van der Waals surface area contributed by atoms with Crippen molar-refractivity contribution in [2.45, 2.75) is 13.5 Å². The molecule has 0 spiro atoms. The van der Waals surface area contributed by atoms with E-state index in [0.29, 0.717) is 17.9 Å². The van der Waals surface area contributed by atoms with Gasteiger partial charge in [-0.3, -0.25) is 4.79 Å². The van der Waals surface area contributed by atoms with Gasteiger partial charge in [0.05, 0.1) is 23.6 Å². The summed E-state index contributed by atoms with van der Waals surface area (Å²) in [7, 11) is 0. The number of amides is 1. The van der Waals surface area contributed by atoms with Crippen LogP contribution in [0.2, 0.25) is 5.15 Å². The first-order chi connectivity index (χ1) is 13.0. The average molecular weight is 388 g/mol. The number of hydrogen-bond acceptors (Lipinski definition) is 3. The van der Waals surface area contributed by atoms with Gasteiger partial charge in [-0.1, -0.05) is 41.9 Å². The summed E-state index contributed by atoms with van der Waals surface area (Å²) in [6, 6.07) is 15.2. The van der Waals surface area contributed by atoms with Crippen molar-refractivity contribution in [2.75, 3.05) is 13.2 Å². The van der Waals surface area contributed by atoms with E-state index in [9.17, 15) is 14.3 Å². The fraction of sp³-hybridized carbons (Fsp3) is 0.200. The highest BCUT2D eigenvalue weighted by atomic mass is 35.5. The minimum absolute atomic E-state index is 0.153. The predicted molar refractivity (Wildman–Crippen MR) is 102 cm³/mol. The summed E-state index contributed by atoms with van der Waals surface area (Å²) in [6.45, 7) is 2.04. The fourth-order valence-electron chi connectivity index (χ4n) is 2.83. The van der Waals surface area contributed by atoms with E-state index >= 15 is 0 Å². The quantitative estimate of drug-likeness (QED) is 0.703. The van der Waals surface area contributed by atoms with E-state index in [0.717, 1.165) is 5.56 Å². The molecule has 140 valence electrons. The van der Waals surface area contributed by atoms with Crippen molar-refractivity contribution < 1.29 is 14.3 Å². The molecule has 2 aromatic carbocycles. The van der Waals surface area contributed by atoms with E-state index in [1.165, 1.54) is 33.8 Å². The second-order valence-corrected chi connectivity index (χ2v) is 6.43. The van der Waals surface area contributed by atoms with Gasteiger partial charge in [-0.05, 0) is 36.8 Å². The maximum Gasteiger partial charge on any atom is 0.259 e. The molecule has 1 N–H and O–H groups in total. The van der Waals surface area contributed by atoms with Crippen LogP contribution in [0.1, 0.15) is 21.6 Å². The first-order valence-corrected chi connectivity index (χ1v) is 8.84. The molecule has 7 heteroatoms. The van der Waals surface area contributed by atoms with Crippen LogP contribution in [0, 0.1) is 12.7 Å². The molecule has 0 saturated heterocycles. The van der Waals surface area contributed by atoms with Crippen LogP contribution >= 0.6 is 11.6 Å². The Morgan fingerprint density at radius 2 is 1.85 bits per heavy atom. The van der Waals surface area contributed by atoms with Gasteiger partial charge in [0.25, 0.3) is 5.91 Å². The van der Waals surface area contributed by atoms with Crippen molar-refractivity contribution in [1.29, 1.82) is 0 Å². The van der Waals surface area contributed by atoms with Crippen molar-refractivity contribution >= 4 is 17.5 Å². The van der Waals surface area contributed by atoms with Crippen molar-refractivity contribution in [3.8, 4) is 5.69 Å². The maximum atomic E-state index is 13.2. The molecule has 0 saturated carbocycles. The molecule has 0 aliphatic rings. The molecular weight excluding hydrogens is 369 g/mol. The highest BCUT2D eigenvalue weighted by molar-refractivity contribution is 6.33. The first kappa shape index (κ1) is 19.1. The molecule has 3 aromatic rings. The van der Waals surface area contributed by atoms with Crippen LogP contribution in [0.3, 0.4) is 0 Å². The SMILES string of the molecule is Cc1nn(-c2ccc(F)cc2)c(Cl)c1C(=O)N(CCO)Cc1ccccc1. The van der Waals surface area contributed by atoms with Gasteiger partial charge < -0.3 is 10.0 Å². The maximum absolute atomic E-state index is 13.2. The summed E-state index contributed by atoms with van der Waals surface area (Å²) in [6.07, 6.45) is 0. The van der Waals surface area contributed by atoms with Crippen LogP contribution in [-0.4, -0.2) is 38.8 Å². The second-order valence-electron chi connectivity index (χ2n) is 6.08. The van der Waals surface area contributed by atoms with E-state index in [2.05, 4.69) is 5.10 Å². The summed E-state index contributed by atoms with van der Waals surface area (Å²) in [5.74, 6) is -0.684. The van der Waals surface area contributed by atoms with Gasteiger partial charge in [0.15, 0.2) is 0 Å². The van der Waals surface area contributed by atoms with E-state index in [1.54, 1.807) is 6.92 Å². The summed E-state index contributed by atoms with van der Waals surface area (Å²) >= 11 is 6.44. The predicted octanol–water partition coefficient (Wildman–Crippen LogP) is 3.61. The normalized spacial score (nSPS) is 10.8. The van der Waals surface area contributed by atoms with Crippen LogP contribution < -0.4 is 0 Å². The number of rotatable bonds is 6. The molecule has 1 aromatic heterocycles. The van der Waals surface area contributed by atoms with Crippen molar-refractivity contribution in [2.24, 2.45) is 0 Å². The lowest BCUT2D eigenvalue weighted by molar-refractivity contribution is 0.0707. The first-order valence-electron chi connectivity index (χ1n) is 8.46. The van der Waals surface area contributed by atoms with E-state index in [-0.39, 0.29) is 35.6 Å². The van der Waals surface area contributed by atoms with E-state index in [4.69, 9.17) is 11.6 Å². The Labute approximate surface area is 161 Å². The smallest absolute Gasteiger partial charge is 0.259 e. The Hall–Kier alpha value is -2.70. The lowest BCUT2D eigenvalue weighted by atomic mass is 10.1. The fourth-order valence-corrected chi connectivity index (χ4v) is 3.18. The van der Waals surface area contributed by atoms with Gasteiger partial charge in [0.1, 0.15) is 11.0 Å². The molecule has 0 aliphatic carbocycles. The zero-order valence-corrected chi connectivity index (χ0v) is 15.5. The van der Waals surface area contributed by atoms with Crippen LogP contribution in [0.25, 0.3) is 5.69 Å². The van der Waals surface area contributed by atoms with Crippen LogP contribution in [0.5, 0.6) is 0 Å². The number of nitrogens with zero attached hydrogens (tertiary/aromatic N) is 3. The van der Waals surface area contributed by atoms with E-state index < -0.39 is 0 Å². The highest BCUT2D eigenvalue weighted by Gasteiger charge is 2.25. The highest BCUT2D eigenvalue weighted by Crippen LogP contribution is 2.25. The number of carbonyl (C=O) groups excluding carboxylic acids is 1. The zero-order chi connectivity index (χ0) is 19.4. The molecule has 1 heterocycles. The van der Waals surface area contributed by atoms with Gasteiger partial charge in [-0.2, -0.15) is 5.10 Å². The molecule has 0 aliphatic heterocycles. The van der Waals surface area contributed by atoms with Gasteiger partial charge in [0.2, 0.25) is 0 Å². The number of benzene rings is 2. The zero-order valence-electron chi connectivity index (χ0n) is 14.8. The molecule has 3 rings (SSSR count). The Morgan fingerprint density at radius 3 is 2.48 bits per heavy atom. The molecule has 5 nitrogen and oxygen atoms in total. The topological polar surface area (TPSA) is 58.4 Å². The second kappa shape index (κ2) is 8.33.